The summed E-state index contributed by atoms with van der Waals surface area (Å²) in [5, 5.41) is 1.08. The number of amides is 1. The molecule has 0 bridgehead atoms. The Hall–Kier alpha value is -2.97. The van der Waals surface area contributed by atoms with Crippen molar-refractivity contribution in [3.63, 3.8) is 0 Å². The summed E-state index contributed by atoms with van der Waals surface area (Å²) in [7, 11) is -2.15. The predicted molar refractivity (Wildman–Crippen MR) is 107 cm³/mol. The van der Waals surface area contributed by atoms with Gasteiger partial charge in [-0.05, 0) is 55.4 Å². The quantitative estimate of drug-likeness (QED) is 0.708. The lowest BCUT2D eigenvalue weighted by atomic mass is 9.99. The number of pyridine rings is 1. The SMILES string of the molecule is CNS(=O)(=O)c1ccc(C(=O)N2CC=C(c3c[nH]c4ncccc34)CC2)cc1. The fraction of sp³-hybridized carbons (Fsp3) is 0.200. The molecule has 2 N–H and O–H groups in total. The Labute approximate surface area is 163 Å². The smallest absolute Gasteiger partial charge is 0.254 e. The minimum atomic E-state index is -3.51. The standard InChI is InChI=1S/C20H20N4O3S/c1-21-28(26,27)16-6-4-15(5-7-16)20(25)24-11-8-14(9-12-24)18-13-23-19-17(18)3-2-10-22-19/h2-8,10,13,21H,9,11-12H2,1H3,(H,22,23). The van der Waals surface area contributed by atoms with Crippen LogP contribution in [-0.4, -0.2) is 49.3 Å². The number of rotatable bonds is 4. The highest BCUT2D eigenvalue weighted by Crippen LogP contribution is 2.28. The van der Waals surface area contributed by atoms with Gasteiger partial charge in [-0.3, -0.25) is 4.79 Å². The van der Waals surface area contributed by atoms with Gasteiger partial charge in [0, 0.05) is 42.0 Å². The second-order valence-electron chi connectivity index (χ2n) is 6.56. The van der Waals surface area contributed by atoms with Crippen LogP contribution >= 0.6 is 0 Å². The number of sulfonamides is 1. The van der Waals surface area contributed by atoms with Crippen molar-refractivity contribution >= 4 is 32.5 Å². The highest BCUT2D eigenvalue weighted by atomic mass is 32.2. The molecular weight excluding hydrogens is 376 g/mol. The number of aromatic amines is 1. The van der Waals surface area contributed by atoms with Crippen LogP contribution in [0.3, 0.4) is 0 Å². The van der Waals surface area contributed by atoms with Crippen molar-refractivity contribution in [1.29, 1.82) is 0 Å². The van der Waals surface area contributed by atoms with E-state index in [1.54, 1.807) is 23.2 Å². The molecule has 7 nitrogen and oxygen atoms in total. The van der Waals surface area contributed by atoms with Crippen LogP contribution in [0.5, 0.6) is 0 Å². The van der Waals surface area contributed by atoms with Gasteiger partial charge in [0.2, 0.25) is 10.0 Å². The van der Waals surface area contributed by atoms with E-state index in [0.717, 1.165) is 23.0 Å². The van der Waals surface area contributed by atoms with Gasteiger partial charge in [-0.2, -0.15) is 0 Å². The fourth-order valence-corrected chi connectivity index (χ4v) is 4.13. The van der Waals surface area contributed by atoms with E-state index in [0.29, 0.717) is 18.7 Å². The van der Waals surface area contributed by atoms with Crippen LogP contribution < -0.4 is 4.72 Å². The molecule has 1 amide bonds. The Morgan fingerprint density at radius 1 is 1.21 bits per heavy atom. The zero-order chi connectivity index (χ0) is 19.7. The first-order valence-corrected chi connectivity index (χ1v) is 10.4. The lowest BCUT2D eigenvalue weighted by Gasteiger charge is -2.26. The molecule has 0 spiro atoms. The van der Waals surface area contributed by atoms with Crippen molar-refractivity contribution in [2.45, 2.75) is 11.3 Å². The molecule has 1 aliphatic heterocycles. The largest absolute Gasteiger partial charge is 0.346 e. The number of nitrogens with zero attached hydrogens (tertiary/aromatic N) is 2. The predicted octanol–water partition coefficient (Wildman–Crippen LogP) is 2.40. The summed E-state index contributed by atoms with van der Waals surface area (Å²) < 4.78 is 25.9. The Kier molecular flexibility index (Phi) is 4.74. The van der Waals surface area contributed by atoms with Gasteiger partial charge < -0.3 is 9.88 Å². The van der Waals surface area contributed by atoms with E-state index in [2.05, 4.69) is 20.8 Å². The first-order chi connectivity index (χ1) is 13.5. The third kappa shape index (κ3) is 3.32. The zero-order valence-corrected chi connectivity index (χ0v) is 16.2. The minimum absolute atomic E-state index is 0.107. The van der Waals surface area contributed by atoms with E-state index in [1.807, 2.05) is 18.3 Å². The molecule has 0 radical (unpaired) electrons. The Morgan fingerprint density at radius 3 is 2.68 bits per heavy atom. The summed E-state index contributed by atoms with van der Waals surface area (Å²) in [6, 6.07) is 9.95. The van der Waals surface area contributed by atoms with E-state index in [1.165, 1.54) is 24.8 Å². The van der Waals surface area contributed by atoms with E-state index in [4.69, 9.17) is 0 Å². The number of nitrogens with one attached hydrogen (secondary N) is 2. The van der Waals surface area contributed by atoms with Crippen LogP contribution in [0, 0.1) is 0 Å². The van der Waals surface area contributed by atoms with Crippen LogP contribution in [-0.2, 0) is 10.0 Å². The van der Waals surface area contributed by atoms with Gasteiger partial charge in [-0.15, -0.1) is 0 Å². The number of H-pyrrole nitrogens is 1. The van der Waals surface area contributed by atoms with E-state index in [-0.39, 0.29) is 10.8 Å². The highest BCUT2D eigenvalue weighted by molar-refractivity contribution is 7.89. The average Bonchev–Trinajstić information content (AvgIpc) is 3.17. The number of aromatic nitrogens is 2. The lowest BCUT2D eigenvalue weighted by molar-refractivity contribution is 0.0773. The molecule has 0 saturated carbocycles. The second-order valence-corrected chi connectivity index (χ2v) is 8.45. The van der Waals surface area contributed by atoms with Crippen molar-refractivity contribution in [3.8, 4) is 0 Å². The highest BCUT2D eigenvalue weighted by Gasteiger charge is 2.21. The van der Waals surface area contributed by atoms with Gasteiger partial charge in [0.15, 0.2) is 0 Å². The zero-order valence-electron chi connectivity index (χ0n) is 15.3. The molecule has 1 aromatic carbocycles. The molecule has 0 saturated heterocycles. The molecule has 3 heterocycles. The van der Waals surface area contributed by atoms with Crippen LogP contribution in [0.2, 0.25) is 0 Å². The van der Waals surface area contributed by atoms with E-state index >= 15 is 0 Å². The van der Waals surface area contributed by atoms with Crippen LogP contribution in [0.15, 0.2) is 59.8 Å². The molecule has 4 rings (SSSR count). The van der Waals surface area contributed by atoms with E-state index < -0.39 is 10.0 Å². The van der Waals surface area contributed by atoms with E-state index in [9.17, 15) is 13.2 Å². The maximum Gasteiger partial charge on any atom is 0.254 e. The summed E-state index contributed by atoms with van der Waals surface area (Å²) in [5.41, 5.74) is 3.65. The number of carbonyl (C=O) groups excluding carboxylic acids is 1. The number of hydrogen-bond acceptors (Lipinski definition) is 4. The maximum absolute atomic E-state index is 12.8. The van der Waals surface area contributed by atoms with Crippen LogP contribution in [0.25, 0.3) is 16.6 Å². The topological polar surface area (TPSA) is 95.2 Å². The third-order valence-corrected chi connectivity index (χ3v) is 6.40. The normalized spacial score (nSPS) is 14.9. The molecule has 28 heavy (non-hydrogen) atoms. The van der Waals surface area contributed by atoms with Gasteiger partial charge in [-0.1, -0.05) is 6.08 Å². The monoisotopic (exact) mass is 396 g/mol. The minimum Gasteiger partial charge on any atom is -0.346 e. The molecule has 3 aromatic rings. The molecule has 144 valence electrons. The van der Waals surface area contributed by atoms with Crippen LogP contribution in [0.4, 0.5) is 0 Å². The molecule has 0 unspecified atom stereocenters. The van der Waals surface area contributed by atoms with Crippen molar-refractivity contribution in [2.75, 3.05) is 20.1 Å². The Balaban J connectivity index is 1.51. The molecule has 0 atom stereocenters. The van der Waals surface area contributed by atoms with Gasteiger partial charge in [-0.25, -0.2) is 18.1 Å². The molecule has 1 aliphatic rings. The summed E-state index contributed by atoms with van der Waals surface area (Å²) >= 11 is 0. The molecular formula is C20H20N4O3S. The van der Waals surface area contributed by atoms with Crippen molar-refractivity contribution in [3.05, 3.63) is 66.0 Å². The Bertz CT molecular complexity index is 1160. The molecule has 8 heteroatoms. The van der Waals surface area contributed by atoms with Crippen molar-refractivity contribution in [2.24, 2.45) is 0 Å². The third-order valence-electron chi connectivity index (χ3n) is 4.97. The summed E-state index contributed by atoms with van der Waals surface area (Å²) in [5.74, 6) is -0.107. The van der Waals surface area contributed by atoms with Gasteiger partial charge in [0.1, 0.15) is 5.65 Å². The van der Waals surface area contributed by atoms with Gasteiger partial charge in [0.25, 0.3) is 5.91 Å². The molecule has 0 aliphatic carbocycles. The number of benzene rings is 1. The number of fused-ring (bicyclic) bond motifs is 1. The average molecular weight is 396 g/mol. The summed E-state index contributed by atoms with van der Waals surface area (Å²) in [6.45, 7) is 1.12. The van der Waals surface area contributed by atoms with Crippen molar-refractivity contribution in [1.82, 2.24) is 19.6 Å². The second kappa shape index (κ2) is 7.21. The maximum atomic E-state index is 12.8. The summed E-state index contributed by atoms with van der Waals surface area (Å²) in [4.78, 5) is 22.1. The fourth-order valence-electron chi connectivity index (χ4n) is 3.40. The van der Waals surface area contributed by atoms with Gasteiger partial charge >= 0.3 is 0 Å². The van der Waals surface area contributed by atoms with Crippen molar-refractivity contribution < 1.29 is 13.2 Å². The molecule has 0 fully saturated rings. The first-order valence-electron chi connectivity index (χ1n) is 8.94. The Morgan fingerprint density at radius 2 is 2.00 bits per heavy atom. The molecule has 2 aromatic heterocycles. The van der Waals surface area contributed by atoms with Gasteiger partial charge in [0.05, 0.1) is 4.90 Å². The number of hydrogen-bond donors (Lipinski definition) is 2. The number of carbonyl (C=O) groups is 1. The first kappa shape index (κ1) is 18.4. The summed E-state index contributed by atoms with van der Waals surface area (Å²) in [6.07, 6.45) is 6.53. The lowest BCUT2D eigenvalue weighted by Crippen LogP contribution is -2.34. The van der Waals surface area contributed by atoms with Crippen LogP contribution in [0.1, 0.15) is 22.3 Å².